The third-order valence-electron chi connectivity index (χ3n) is 4.94. The number of carbonyl (C=O) groups excluding carboxylic acids is 1. The summed E-state index contributed by atoms with van der Waals surface area (Å²) < 4.78 is 16.0. The van der Waals surface area contributed by atoms with Crippen LogP contribution in [0.3, 0.4) is 0 Å². The van der Waals surface area contributed by atoms with Gasteiger partial charge in [0.05, 0.1) is 23.6 Å². The Morgan fingerprint density at radius 1 is 1.34 bits per heavy atom. The van der Waals surface area contributed by atoms with Crippen LogP contribution in [0.5, 0.6) is 0 Å². The average molecular weight is 396 g/mol. The summed E-state index contributed by atoms with van der Waals surface area (Å²) in [6, 6.07) is 8.90. The summed E-state index contributed by atoms with van der Waals surface area (Å²) in [5, 5.41) is 9.27. The van der Waals surface area contributed by atoms with Gasteiger partial charge in [-0.3, -0.25) is 9.20 Å². The quantitative estimate of drug-likeness (QED) is 0.618. The Morgan fingerprint density at radius 2 is 2.21 bits per heavy atom. The van der Waals surface area contributed by atoms with Gasteiger partial charge in [0.15, 0.2) is 0 Å². The molecular weight excluding hydrogens is 371 g/mol. The van der Waals surface area contributed by atoms with E-state index in [1.807, 2.05) is 42.6 Å². The fraction of sp³-hybridized carbons (Fsp3) is 0.381. The van der Waals surface area contributed by atoms with Crippen LogP contribution in [0, 0.1) is 0 Å². The van der Waals surface area contributed by atoms with Crippen molar-refractivity contribution in [2.24, 2.45) is 0 Å². The minimum Gasteiger partial charge on any atom is -0.363 e. The number of imidazole rings is 1. The number of anilines is 1. The van der Waals surface area contributed by atoms with Gasteiger partial charge < -0.3 is 16.0 Å². The number of alkyl halides is 1. The number of piperidine rings is 1. The molecule has 152 valence electrons. The van der Waals surface area contributed by atoms with Crippen LogP contribution in [0.2, 0.25) is 0 Å². The topological polar surface area (TPSA) is 83.4 Å². The zero-order chi connectivity index (χ0) is 20.4. The van der Waals surface area contributed by atoms with Crippen LogP contribution < -0.4 is 16.0 Å². The van der Waals surface area contributed by atoms with Crippen LogP contribution in [0.25, 0.3) is 17.0 Å². The highest BCUT2D eigenvalue weighted by molar-refractivity contribution is 5.95. The smallest absolute Gasteiger partial charge is 0.251 e. The maximum Gasteiger partial charge on any atom is 0.251 e. The predicted octanol–water partition coefficient (Wildman–Crippen LogP) is 2.65. The summed E-state index contributed by atoms with van der Waals surface area (Å²) in [5.41, 5.74) is 2.75. The molecule has 2 atom stereocenters. The number of amides is 1. The second kappa shape index (κ2) is 8.16. The number of fused-ring (bicyclic) bond motifs is 1. The van der Waals surface area contributed by atoms with Crippen LogP contribution in [0.1, 0.15) is 30.6 Å². The minimum atomic E-state index is -0.895. The minimum absolute atomic E-state index is 0.0664. The molecule has 7 nitrogen and oxygen atoms in total. The first-order chi connectivity index (χ1) is 14.0. The molecule has 4 rings (SSSR count). The summed E-state index contributed by atoms with van der Waals surface area (Å²) in [7, 11) is 0. The van der Waals surface area contributed by atoms with Gasteiger partial charge in [-0.2, -0.15) is 0 Å². The van der Waals surface area contributed by atoms with Gasteiger partial charge in [-0.1, -0.05) is 6.07 Å². The highest BCUT2D eigenvalue weighted by Crippen LogP contribution is 2.22. The predicted molar refractivity (Wildman–Crippen MR) is 111 cm³/mol. The highest BCUT2D eigenvalue weighted by atomic mass is 19.1. The zero-order valence-electron chi connectivity index (χ0n) is 16.5. The van der Waals surface area contributed by atoms with Gasteiger partial charge in [0, 0.05) is 24.3 Å². The van der Waals surface area contributed by atoms with E-state index in [1.54, 1.807) is 18.3 Å². The molecule has 8 heteroatoms. The lowest BCUT2D eigenvalue weighted by Gasteiger charge is -2.28. The number of hydrogen-bond donors (Lipinski definition) is 3. The maximum absolute atomic E-state index is 14.1. The van der Waals surface area contributed by atoms with E-state index >= 15 is 0 Å². The van der Waals surface area contributed by atoms with E-state index in [9.17, 15) is 9.18 Å². The Balaban J connectivity index is 1.59. The summed E-state index contributed by atoms with van der Waals surface area (Å²) >= 11 is 0. The van der Waals surface area contributed by atoms with Crippen molar-refractivity contribution in [3.8, 4) is 11.4 Å². The zero-order valence-corrected chi connectivity index (χ0v) is 16.5. The van der Waals surface area contributed by atoms with E-state index in [0.29, 0.717) is 36.5 Å². The largest absolute Gasteiger partial charge is 0.363 e. The van der Waals surface area contributed by atoms with Gasteiger partial charge in [0.1, 0.15) is 17.6 Å². The normalized spacial score (nSPS) is 19.4. The summed E-state index contributed by atoms with van der Waals surface area (Å²) in [6.07, 6.45) is 3.15. The molecule has 0 aliphatic carbocycles. The van der Waals surface area contributed by atoms with Crippen molar-refractivity contribution < 1.29 is 9.18 Å². The lowest BCUT2D eigenvalue weighted by molar-refractivity contribution is 0.0943. The second-order valence-corrected chi connectivity index (χ2v) is 7.58. The van der Waals surface area contributed by atoms with Crippen LogP contribution >= 0.6 is 0 Å². The molecule has 0 bridgehead atoms. The number of pyridine rings is 2. The number of nitrogens with zero attached hydrogens (tertiary/aromatic N) is 3. The van der Waals surface area contributed by atoms with Crippen molar-refractivity contribution >= 4 is 17.4 Å². The van der Waals surface area contributed by atoms with E-state index in [0.717, 1.165) is 11.4 Å². The van der Waals surface area contributed by atoms with Crippen LogP contribution in [0.15, 0.2) is 42.7 Å². The van der Waals surface area contributed by atoms with Crippen molar-refractivity contribution in [3.05, 3.63) is 48.3 Å². The molecule has 1 amide bonds. The molecule has 0 aromatic carbocycles. The van der Waals surface area contributed by atoms with Gasteiger partial charge in [-0.15, -0.1) is 0 Å². The Morgan fingerprint density at radius 3 is 3.00 bits per heavy atom. The second-order valence-electron chi connectivity index (χ2n) is 7.58. The standard InChI is InChI=1S/C21H25FN6O/c1-13(2)25-21(29)14-7-9-28-18(12-24-20(28)10-14)16-4-3-5-19(26-16)27-17-11-23-8-6-15(17)22/h3-5,7,9-10,12-13,15,17,23H,6,8,11H2,1-2H3,(H,25,29)(H,26,27)/t15-,17-/m0/s1. The van der Waals surface area contributed by atoms with Crippen LogP contribution in [-0.2, 0) is 0 Å². The summed E-state index contributed by atoms with van der Waals surface area (Å²) in [6.45, 7) is 5.12. The number of aromatic nitrogens is 3. The van der Waals surface area contributed by atoms with Crippen molar-refractivity contribution in [3.63, 3.8) is 0 Å². The summed E-state index contributed by atoms with van der Waals surface area (Å²) in [4.78, 5) is 21.3. The number of hydrogen-bond acceptors (Lipinski definition) is 5. The molecule has 0 radical (unpaired) electrons. The first-order valence-electron chi connectivity index (χ1n) is 9.88. The Kier molecular flexibility index (Phi) is 5.44. The molecule has 1 fully saturated rings. The van der Waals surface area contributed by atoms with E-state index in [1.165, 1.54) is 0 Å². The molecule has 0 saturated carbocycles. The average Bonchev–Trinajstić information content (AvgIpc) is 3.13. The number of nitrogens with one attached hydrogen (secondary N) is 3. The first-order valence-corrected chi connectivity index (χ1v) is 9.88. The molecule has 29 heavy (non-hydrogen) atoms. The van der Waals surface area contributed by atoms with E-state index in [2.05, 4.69) is 25.9 Å². The lowest BCUT2D eigenvalue weighted by Crippen LogP contribution is -2.46. The van der Waals surface area contributed by atoms with Crippen LogP contribution in [-0.4, -0.2) is 51.6 Å². The van der Waals surface area contributed by atoms with Gasteiger partial charge >= 0.3 is 0 Å². The SMILES string of the molecule is CC(C)NC(=O)c1ccn2c(-c3cccc(N[C@H]4CNCC[C@@H]4F)n3)cnc2c1. The first kappa shape index (κ1) is 19.3. The van der Waals surface area contributed by atoms with Crippen molar-refractivity contribution in [2.75, 3.05) is 18.4 Å². The molecular formula is C21H25FN6O. The van der Waals surface area contributed by atoms with Gasteiger partial charge in [0.2, 0.25) is 0 Å². The Hall–Kier alpha value is -3.00. The number of carbonyl (C=O) groups is 1. The fourth-order valence-electron chi connectivity index (χ4n) is 3.47. The van der Waals surface area contributed by atoms with E-state index in [4.69, 9.17) is 0 Å². The third-order valence-corrected chi connectivity index (χ3v) is 4.94. The molecule has 4 heterocycles. The Labute approximate surface area is 168 Å². The van der Waals surface area contributed by atoms with Crippen molar-refractivity contribution in [1.29, 1.82) is 0 Å². The highest BCUT2D eigenvalue weighted by Gasteiger charge is 2.24. The third kappa shape index (κ3) is 4.22. The van der Waals surface area contributed by atoms with Gasteiger partial charge in [-0.05, 0) is 51.1 Å². The monoisotopic (exact) mass is 396 g/mol. The van der Waals surface area contributed by atoms with Crippen LogP contribution in [0.4, 0.5) is 10.2 Å². The molecule has 3 aromatic rings. The fourth-order valence-corrected chi connectivity index (χ4v) is 3.47. The molecule has 0 unspecified atom stereocenters. The number of rotatable bonds is 5. The molecule has 1 aliphatic rings. The molecule has 0 spiro atoms. The summed E-state index contributed by atoms with van der Waals surface area (Å²) in [5.74, 6) is 0.500. The molecule has 3 aromatic heterocycles. The van der Waals surface area contributed by atoms with Gasteiger partial charge in [-0.25, -0.2) is 14.4 Å². The van der Waals surface area contributed by atoms with Crippen molar-refractivity contribution in [2.45, 2.75) is 38.5 Å². The molecule has 1 saturated heterocycles. The number of halogens is 1. The lowest BCUT2D eigenvalue weighted by atomic mass is 10.1. The maximum atomic E-state index is 14.1. The molecule has 1 aliphatic heterocycles. The Bertz CT molecular complexity index is 1020. The van der Waals surface area contributed by atoms with Gasteiger partial charge in [0.25, 0.3) is 5.91 Å². The van der Waals surface area contributed by atoms with Crippen molar-refractivity contribution in [1.82, 2.24) is 25.0 Å². The van der Waals surface area contributed by atoms with E-state index < -0.39 is 6.17 Å². The van der Waals surface area contributed by atoms with E-state index in [-0.39, 0.29) is 18.0 Å². The molecule has 3 N–H and O–H groups in total.